The number of carbonyl (C=O) groups is 1. The summed E-state index contributed by atoms with van der Waals surface area (Å²) in [7, 11) is 0. The summed E-state index contributed by atoms with van der Waals surface area (Å²) < 4.78 is 11.0. The standard InChI is InChI=1S/C21H24N2O4/c1-2-26-19(21(24)25)13-15-7-9-18(10-8-15)27-12-4-6-17-14-16-5-3-11-22-20(16)23-17/h3,5,7-11,14,19H,2,4,6,12-13H2,1H3,(H,22,23)(H,24,25). The van der Waals surface area contributed by atoms with E-state index in [2.05, 4.69) is 16.0 Å². The number of carboxylic acid groups (broad SMARTS) is 1. The molecule has 0 spiro atoms. The van der Waals surface area contributed by atoms with Gasteiger partial charge in [0.25, 0.3) is 0 Å². The van der Waals surface area contributed by atoms with E-state index in [4.69, 9.17) is 14.6 Å². The second kappa shape index (κ2) is 9.19. The van der Waals surface area contributed by atoms with Gasteiger partial charge in [-0.3, -0.25) is 0 Å². The van der Waals surface area contributed by atoms with Gasteiger partial charge in [-0.15, -0.1) is 0 Å². The average molecular weight is 368 g/mol. The van der Waals surface area contributed by atoms with Crippen LogP contribution in [0.15, 0.2) is 48.7 Å². The number of carboxylic acids is 1. The minimum absolute atomic E-state index is 0.345. The van der Waals surface area contributed by atoms with E-state index in [-0.39, 0.29) is 0 Å². The number of hydrogen-bond acceptors (Lipinski definition) is 4. The molecule has 6 nitrogen and oxygen atoms in total. The number of pyridine rings is 1. The van der Waals surface area contributed by atoms with Crippen molar-refractivity contribution in [2.45, 2.75) is 32.3 Å². The lowest BCUT2D eigenvalue weighted by molar-refractivity contribution is -0.149. The van der Waals surface area contributed by atoms with E-state index >= 15 is 0 Å². The SMILES string of the molecule is CCOC(Cc1ccc(OCCCc2cc3cccnc3[nH]2)cc1)C(=O)O. The molecule has 2 N–H and O–H groups in total. The Balaban J connectivity index is 1.45. The van der Waals surface area contributed by atoms with Crippen molar-refractivity contribution < 1.29 is 19.4 Å². The van der Waals surface area contributed by atoms with Crippen LogP contribution in [-0.2, 0) is 22.4 Å². The number of benzene rings is 1. The fourth-order valence-corrected chi connectivity index (χ4v) is 2.96. The number of H-pyrrole nitrogens is 1. The smallest absolute Gasteiger partial charge is 0.333 e. The zero-order valence-electron chi connectivity index (χ0n) is 15.4. The lowest BCUT2D eigenvalue weighted by Gasteiger charge is -2.13. The quantitative estimate of drug-likeness (QED) is 0.534. The number of rotatable bonds is 10. The van der Waals surface area contributed by atoms with Crippen molar-refractivity contribution in [3.05, 3.63) is 59.9 Å². The van der Waals surface area contributed by atoms with Crippen molar-refractivity contribution in [2.24, 2.45) is 0 Å². The number of nitrogens with zero attached hydrogens (tertiary/aromatic N) is 1. The van der Waals surface area contributed by atoms with Crippen LogP contribution in [0.5, 0.6) is 5.75 Å². The van der Waals surface area contributed by atoms with Gasteiger partial charge in [0, 0.05) is 30.3 Å². The van der Waals surface area contributed by atoms with E-state index in [0.717, 1.165) is 40.9 Å². The molecule has 1 unspecified atom stereocenters. The number of ether oxygens (including phenoxy) is 2. The highest BCUT2D eigenvalue weighted by Gasteiger charge is 2.17. The highest BCUT2D eigenvalue weighted by atomic mass is 16.5. The Hall–Kier alpha value is -2.86. The van der Waals surface area contributed by atoms with E-state index in [9.17, 15) is 4.79 Å². The molecule has 0 saturated heterocycles. The van der Waals surface area contributed by atoms with Crippen molar-refractivity contribution in [3.63, 3.8) is 0 Å². The zero-order chi connectivity index (χ0) is 19.1. The maximum atomic E-state index is 11.2. The molecule has 142 valence electrons. The summed E-state index contributed by atoms with van der Waals surface area (Å²) in [5, 5.41) is 10.3. The normalized spacial score (nSPS) is 12.2. The first kappa shape index (κ1) is 18.9. The second-order valence-electron chi connectivity index (χ2n) is 6.32. The highest BCUT2D eigenvalue weighted by Crippen LogP contribution is 2.16. The number of aryl methyl sites for hydroxylation is 1. The summed E-state index contributed by atoms with van der Waals surface area (Å²) in [6.07, 6.45) is 3.09. The van der Waals surface area contributed by atoms with E-state index in [1.165, 1.54) is 0 Å². The molecule has 0 radical (unpaired) electrons. The molecular formula is C21H24N2O4. The summed E-state index contributed by atoms with van der Waals surface area (Å²) in [4.78, 5) is 18.8. The Kier molecular flexibility index (Phi) is 6.44. The van der Waals surface area contributed by atoms with Crippen molar-refractivity contribution >= 4 is 17.0 Å². The van der Waals surface area contributed by atoms with Gasteiger partial charge in [0.05, 0.1) is 6.61 Å². The highest BCUT2D eigenvalue weighted by molar-refractivity contribution is 5.76. The molecular weight excluding hydrogens is 344 g/mol. The summed E-state index contributed by atoms with van der Waals surface area (Å²) in [6, 6.07) is 13.6. The molecule has 3 rings (SSSR count). The van der Waals surface area contributed by atoms with Gasteiger partial charge in [0.15, 0.2) is 6.10 Å². The van der Waals surface area contributed by atoms with Crippen molar-refractivity contribution in [3.8, 4) is 5.75 Å². The van der Waals surface area contributed by atoms with Gasteiger partial charge in [0.2, 0.25) is 0 Å². The number of aromatic nitrogens is 2. The minimum atomic E-state index is -0.940. The second-order valence-corrected chi connectivity index (χ2v) is 6.32. The largest absolute Gasteiger partial charge is 0.494 e. The average Bonchev–Trinajstić information content (AvgIpc) is 3.09. The molecule has 0 aliphatic rings. The van der Waals surface area contributed by atoms with Gasteiger partial charge in [0.1, 0.15) is 11.4 Å². The Labute approximate surface area is 158 Å². The van der Waals surface area contributed by atoms with Gasteiger partial charge < -0.3 is 19.6 Å². The van der Waals surface area contributed by atoms with Crippen LogP contribution < -0.4 is 4.74 Å². The van der Waals surface area contributed by atoms with Crippen molar-refractivity contribution in [1.82, 2.24) is 9.97 Å². The third-order valence-corrected chi connectivity index (χ3v) is 4.29. The van der Waals surface area contributed by atoms with Crippen LogP contribution in [0.25, 0.3) is 11.0 Å². The van der Waals surface area contributed by atoms with Gasteiger partial charge in [-0.05, 0) is 55.7 Å². The lowest BCUT2D eigenvalue weighted by atomic mass is 10.1. The molecule has 0 bridgehead atoms. The Bertz CT molecular complexity index is 840. The van der Waals surface area contributed by atoms with Gasteiger partial charge in [-0.2, -0.15) is 0 Å². The van der Waals surface area contributed by atoms with Crippen LogP contribution in [0.1, 0.15) is 24.6 Å². The van der Waals surface area contributed by atoms with Crippen LogP contribution in [0.4, 0.5) is 0 Å². The number of hydrogen-bond donors (Lipinski definition) is 2. The van der Waals surface area contributed by atoms with E-state index < -0.39 is 12.1 Å². The first-order valence-corrected chi connectivity index (χ1v) is 9.14. The summed E-state index contributed by atoms with van der Waals surface area (Å²) in [5.41, 5.74) is 2.97. The van der Waals surface area contributed by atoms with Gasteiger partial charge >= 0.3 is 5.97 Å². The van der Waals surface area contributed by atoms with Crippen molar-refractivity contribution in [2.75, 3.05) is 13.2 Å². The van der Waals surface area contributed by atoms with E-state index in [1.807, 2.05) is 36.4 Å². The molecule has 27 heavy (non-hydrogen) atoms. The molecule has 2 heterocycles. The predicted octanol–water partition coefficient (Wildman–Crippen LogP) is 3.61. The maximum Gasteiger partial charge on any atom is 0.333 e. The van der Waals surface area contributed by atoms with Gasteiger partial charge in [-0.25, -0.2) is 9.78 Å². The summed E-state index contributed by atoms with van der Waals surface area (Å²) in [5.74, 6) is -0.162. The molecule has 0 aliphatic heterocycles. The number of aliphatic carboxylic acids is 1. The van der Waals surface area contributed by atoms with Crippen LogP contribution >= 0.6 is 0 Å². The van der Waals surface area contributed by atoms with Crippen molar-refractivity contribution in [1.29, 1.82) is 0 Å². The molecule has 0 saturated carbocycles. The lowest BCUT2D eigenvalue weighted by Crippen LogP contribution is -2.26. The molecule has 6 heteroatoms. The molecule has 2 aromatic heterocycles. The third-order valence-electron chi connectivity index (χ3n) is 4.29. The van der Waals surface area contributed by atoms with Crippen LogP contribution in [0.3, 0.4) is 0 Å². The Morgan fingerprint density at radius 1 is 1.26 bits per heavy atom. The fourth-order valence-electron chi connectivity index (χ4n) is 2.96. The molecule has 0 fully saturated rings. The molecule has 1 aromatic carbocycles. The van der Waals surface area contributed by atoms with Gasteiger partial charge in [-0.1, -0.05) is 12.1 Å². The van der Waals surface area contributed by atoms with Crippen LogP contribution in [-0.4, -0.2) is 40.4 Å². The maximum absolute atomic E-state index is 11.2. The minimum Gasteiger partial charge on any atom is -0.494 e. The summed E-state index contributed by atoms with van der Waals surface area (Å²) in [6.45, 7) is 2.78. The van der Waals surface area contributed by atoms with Crippen LogP contribution in [0, 0.1) is 0 Å². The molecule has 0 aliphatic carbocycles. The Morgan fingerprint density at radius 3 is 2.78 bits per heavy atom. The first-order chi connectivity index (χ1) is 13.2. The molecule has 3 aromatic rings. The third kappa shape index (κ3) is 5.31. The first-order valence-electron chi connectivity index (χ1n) is 9.14. The monoisotopic (exact) mass is 368 g/mol. The number of fused-ring (bicyclic) bond motifs is 1. The summed E-state index contributed by atoms with van der Waals surface area (Å²) >= 11 is 0. The van der Waals surface area contributed by atoms with Crippen LogP contribution in [0.2, 0.25) is 0 Å². The molecule has 1 atom stereocenters. The zero-order valence-corrected chi connectivity index (χ0v) is 15.4. The predicted molar refractivity (Wildman–Crippen MR) is 103 cm³/mol. The number of nitrogens with one attached hydrogen (secondary N) is 1. The fraction of sp³-hybridized carbons (Fsp3) is 0.333. The molecule has 0 amide bonds. The van der Waals surface area contributed by atoms with E-state index in [0.29, 0.717) is 19.6 Å². The Morgan fingerprint density at radius 2 is 2.07 bits per heavy atom. The topological polar surface area (TPSA) is 84.4 Å². The number of aromatic amines is 1. The van der Waals surface area contributed by atoms with E-state index in [1.54, 1.807) is 13.1 Å².